The molecule has 0 radical (unpaired) electrons. The van der Waals surface area contributed by atoms with Gasteiger partial charge in [0.05, 0.1) is 12.8 Å². The molecule has 0 amide bonds. The average Bonchev–Trinajstić information content (AvgIpc) is 3.21. The van der Waals surface area contributed by atoms with E-state index in [1.165, 1.54) is 7.11 Å². The first-order valence-corrected chi connectivity index (χ1v) is 9.76. The van der Waals surface area contributed by atoms with Crippen molar-refractivity contribution < 1.29 is 14.3 Å². The largest absolute Gasteiger partial charge is 0.464 e. The summed E-state index contributed by atoms with van der Waals surface area (Å²) in [4.78, 5) is 13.0. The summed E-state index contributed by atoms with van der Waals surface area (Å²) in [7, 11) is 3.05. The smallest absolute Gasteiger partial charge is 0.355 e. The second-order valence-electron chi connectivity index (χ2n) is 6.88. The number of benzene rings is 3. The first kappa shape index (κ1) is 19.7. The Hall–Kier alpha value is -3.63. The number of esters is 1. The molecule has 0 aliphatic carbocycles. The lowest BCUT2D eigenvalue weighted by atomic mass is 10.0. The maximum Gasteiger partial charge on any atom is 0.355 e. The summed E-state index contributed by atoms with van der Waals surface area (Å²) in [5.41, 5.74) is 5.01. The standard InChI is InChI=1S/C26H23NO3/c1-29-25(21-16-10-5-11-17-21)27-23(20-14-8-4-9-15-20)18-22(24(27)26(28)30-2)19-12-6-3-7-13-19/h3-18,25H,1-2H3. The number of carbonyl (C=O) groups excluding carboxylic acids is 1. The Morgan fingerprint density at radius 2 is 1.30 bits per heavy atom. The van der Waals surface area contributed by atoms with Crippen molar-refractivity contribution in [2.75, 3.05) is 14.2 Å². The maximum absolute atomic E-state index is 13.0. The molecule has 4 nitrogen and oxygen atoms in total. The quantitative estimate of drug-likeness (QED) is 0.386. The van der Waals surface area contributed by atoms with E-state index in [0.717, 1.165) is 27.9 Å². The van der Waals surface area contributed by atoms with E-state index < -0.39 is 12.2 Å². The third-order valence-corrected chi connectivity index (χ3v) is 5.11. The zero-order chi connectivity index (χ0) is 20.9. The topological polar surface area (TPSA) is 40.5 Å². The Morgan fingerprint density at radius 3 is 1.83 bits per heavy atom. The molecule has 0 saturated heterocycles. The number of hydrogen-bond donors (Lipinski definition) is 0. The van der Waals surface area contributed by atoms with Crippen molar-refractivity contribution in [3.63, 3.8) is 0 Å². The molecule has 0 fully saturated rings. The highest BCUT2D eigenvalue weighted by Gasteiger charge is 2.28. The number of aromatic nitrogens is 1. The molecule has 4 heteroatoms. The second kappa shape index (κ2) is 8.80. The molecule has 1 unspecified atom stereocenters. The minimum atomic E-state index is -0.493. The third-order valence-electron chi connectivity index (χ3n) is 5.11. The fourth-order valence-electron chi connectivity index (χ4n) is 3.75. The van der Waals surface area contributed by atoms with Crippen LogP contribution in [0.3, 0.4) is 0 Å². The molecule has 3 aromatic carbocycles. The van der Waals surface area contributed by atoms with E-state index in [-0.39, 0.29) is 0 Å². The van der Waals surface area contributed by atoms with Gasteiger partial charge >= 0.3 is 5.97 Å². The van der Waals surface area contributed by atoms with Gasteiger partial charge < -0.3 is 14.0 Å². The van der Waals surface area contributed by atoms with Crippen LogP contribution >= 0.6 is 0 Å². The Bertz CT molecular complexity index is 1120. The molecule has 1 aromatic heterocycles. The van der Waals surface area contributed by atoms with Crippen molar-refractivity contribution in [1.82, 2.24) is 4.57 Å². The first-order valence-electron chi connectivity index (χ1n) is 9.76. The SMILES string of the molecule is COC(=O)c1c(-c2ccccc2)cc(-c2ccccc2)n1C(OC)c1ccccc1. The van der Waals surface area contributed by atoms with Crippen molar-refractivity contribution >= 4 is 5.97 Å². The van der Waals surface area contributed by atoms with Crippen molar-refractivity contribution in [1.29, 1.82) is 0 Å². The van der Waals surface area contributed by atoms with Gasteiger partial charge in [-0.3, -0.25) is 0 Å². The van der Waals surface area contributed by atoms with Crippen LogP contribution in [-0.2, 0) is 9.47 Å². The van der Waals surface area contributed by atoms with Crippen LogP contribution in [0.2, 0.25) is 0 Å². The number of carbonyl (C=O) groups is 1. The molecule has 0 saturated carbocycles. The average molecular weight is 397 g/mol. The van der Waals surface area contributed by atoms with E-state index in [1.54, 1.807) is 7.11 Å². The van der Waals surface area contributed by atoms with Gasteiger partial charge in [0.2, 0.25) is 0 Å². The van der Waals surface area contributed by atoms with Crippen LogP contribution in [0.25, 0.3) is 22.4 Å². The summed E-state index contributed by atoms with van der Waals surface area (Å²) in [6, 6.07) is 31.8. The molecule has 30 heavy (non-hydrogen) atoms. The summed E-state index contributed by atoms with van der Waals surface area (Å²) < 4.78 is 13.1. The normalized spacial score (nSPS) is 11.8. The number of nitrogens with zero attached hydrogens (tertiary/aromatic N) is 1. The van der Waals surface area contributed by atoms with Crippen LogP contribution in [0.15, 0.2) is 97.1 Å². The molecular weight excluding hydrogens is 374 g/mol. The molecular formula is C26H23NO3. The summed E-state index contributed by atoms with van der Waals surface area (Å²) in [6.07, 6.45) is -0.493. The van der Waals surface area contributed by atoms with Gasteiger partial charge in [0.1, 0.15) is 5.69 Å². The van der Waals surface area contributed by atoms with E-state index in [9.17, 15) is 4.79 Å². The predicted octanol–water partition coefficient (Wildman–Crippen LogP) is 5.80. The van der Waals surface area contributed by atoms with Crippen LogP contribution in [0.4, 0.5) is 0 Å². The van der Waals surface area contributed by atoms with Crippen LogP contribution in [0, 0.1) is 0 Å². The number of hydrogen-bond acceptors (Lipinski definition) is 3. The van der Waals surface area contributed by atoms with Crippen molar-refractivity contribution in [3.8, 4) is 22.4 Å². The molecule has 4 aromatic rings. The van der Waals surface area contributed by atoms with Crippen molar-refractivity contribution in [2.45, 2.75) is 6.23 Å². The first-order chi connectivity index (χ1) is 14.7. The van der Waals surface area contributed by atoms with Gasteiger partial charge in [-0.2, -0.15) is 0 Å². The van der Waals surface area contributed by atoms with Crippen LogP contribution in [-0.4, -0.2) is 24.8 Å². The lowest BCUT2D eigenvalue weighted by Crippen LogP contribution is -2.20. The third kappa shape index (κ3) is 3.65. The summed E-state index contributed by atoms with van der Waals surface area (Å²) in [5.74, 6) is -0.408. The van der Waals surface area contributed by atoms with Gasteiger partial charge in [0.25, 0.3) is 0 Å². The molecule has 0 spiro atoms. The fourth-order valence-corrected chi connectivity index (χ4v) is 3.75. The molecule has 0 bridgehead atoms. The van der Waals surface area contributed by atoms with Crippen LogP contribution in [0.5, 0.6) is 0 Å². The molecule has 4 rings (SSSR count). The highest BCUT2D eigenvalue weighted by Crippen LogP contribution is 2.37. The van der Waals surface area contributed by atoms with Gasteiger partial charge in [-0.25, -0.2) is 4.79 Å². The molecule has 150 valence electrons. The maximum atomic E-state index is 13.0. The Kier molecular flexibility index (Phi) is 5.77. The van der Waals surface area contributed by atoms with Crippen LogP contribution in [0.1, 0.15) is 22.3 Å². The molecule has 0 aliphatic rings. The minimum absolute atomic E-state index is 0.408. The van der Waals surface area contributed by atoms with E-state index in [1.807, 2.05) is 102 Å². The predicted molar refractivity (Wildman–Crippen MR) is 118 cm³/mol. The molecule has 0 N–H and O–H groups in total. The zero-order valence-electron chi connectivity index (χ0n) is 17.0. The molecule has 0 aliphatic heterocycles. The Balaban J connectivity index is 2.05. The summed E-state index contributed by atoms with van der Waals surface area (Å²) >= 11 is 0. The lowest BCUT2D eigenvalue weighted by Gasteiger charge is -2.23. The number of rotatable bonds is 6. The number of methoxy groups -OCH3 is 2. The number of ether oxygens (including phenoxy) is 2. The second-order valence-corrected chi connectivity index (χ2v) is 6.88. The van der Waals surface area contributed by atoms with Gasteiger partial charge in [-0.1, -0.05) is 91.0 Å². The minimum Gasteiger partial charge on any atom is -0.464 e. The van der Waals surface area contributed by atoms with E-state index in [2.05, 4.69) is 0 Å². The van der Waals surface area contributed by atoms with E-state index >= 15 is 0 Å². The lowest BCUT2D eigenvalue weighted by molar-refractivity contribution is 0.0520. The van der Waals surface area contributed by atoms with Crippen molar-refractivity contribution in [3.05, 3.63) is 108 Å². The zero-order valence-corrected chi connectivity index (χ0v) is 17.0. The van der Waals surface area contributed by atoms with Crippen LogP contribution < -0.4 is 0 Å². The molecule has 1 atom stereocenters. The van der Waals surface area contributed by atoms with Crippen molar-refractivity contribution in [2.24, 2.45) is 0 Å². The fraction of sp³-hybridized carbons (Fsp3) is 0.115. The van der Waals surface area contributed by atoms with E-state index in [0.29, 0.717) is 5.69 Å². The van der Waals surface area contributed by atoms with Gasteiger partial charge in [0, 0.05) is 18.2 Å². The highest BCUT2D eigenvalue weighted by molar-refractivity contribution is 5.98. The molecule has 1 heterocycles. The van der Waals surface area contributed by atoms with E-state index in [4.69, 9.17) is 9.47 Å². The Morgan fingerprint density at radius 1 is 0.767 bits per heavy atom. The van der Waals surface area contributed by atoms with Gasteiger partial charge in [0.15, 0.2) is 6.23 Å². The van der Waals surface area contributed by atoms with Gasteiger partial charge in [-0.15, -0.1) is 0 Å². The monoisotopic (exact) mass is 397 g/mol. The van der Waals surface area contributed by atoms with Gasteiger partial charge in [-0.05, 0) is 17.2 Å². The summed E-state index contributed by atoms with van der Waals surface area (Å²) in [6.45, 7) is 0. The summed E-state index contributed by atoms with van der Waals surface area (Å²) in [5, 5.41) is 0. The Labute approximate surface area is 176 Å². The highest BCUT2D eigenvalue weighted by atomic mass is 16.5.